The number of furan rings is 1. The SMILES string of the molecule is Cc1cn2c(C(C)(C)C)nc3cc(-c4ccccc4-c4cc(-c5ccccc5-c5ccc(-c6cccc(-c7ccc8c(c7)oc7ccccc78)c6)nc5)cc(-c5ccccc5-c5ccc6c(c5)nc(C(C)(C)C)n5cc(C)nc65)c4)ccc3c2n1. The number of imidazole rings is 2. The van der Waals surface area contributed by atoms with Gasteiger partial charge in [0.15, 0.2) is 0 Å². The first-order valence-corrected chi connectivity index (χ1v) is 29.2. The first-order valence-electron chi connectivity index (χ1n) is 29.2. The molecule has 0 atom stereocenters. The number of fused-ring (bicyclic) bond motifs is 9. The van der Waals surface area contributed by atoms with Gasteiger partial charge < -0.3 is 4.42 Å². The van der Waals surface area contributed by atoms with E-state index >= 15 is 0 Å². The van der Waals surface area contributed by atoms with Gasteiger partial charge in [0.25, 0.3) is 0 Å². The van der Waals surface area contributed by atoms with E-state index in [1.54, 1.807) is 0 Å². The van der Waals surface area contributed by atoms with Gasteiger partial charge in [-0.3, -0.25) is 13.8 Å². The van der Waals surface area contributed by atoms with Gasteiger partial charge >= 0.3 is 0 Å². The molecule has 0 saturated carbocycles. The Balaban J connectivity index is 0.866. The average Bonchev–Trinajstić information content (AvgIpc) is 3.17. The summed E-state index contributed by atoms with van der Waals surface area (Å²) in [5, 5.41) is 4.29. The zero-order valence-electron chi connectivity index (χ0n) is 48.9. The number of hydrogen-bond acceptors (Lipinski definition) is 6. The molecule has 8 heteroatoms. The van der Waals surface area contributed by atoms with Gasteiger partial charge in [-0.2, -0.15) is 0 Å². The Kier molecular flexibility index (Phi) is 11.9. The summed E-state index contributed by atoms with van der Waals surface area (Å²) in [6.45, 7) is 17.4. The zero-order valence-corrected chi connectivity index (χ0v) is 48.9. The lowest BCUT2D eigenvalue weighted by molar-refractivity contribution is 0.539. The van der Waals surface area contributed by atoms with Crippen molar-refractivity contribution in [2.45, 2.75) is 66.2 Å². The van der Waals surface area contributed by atoms with Crippen LogP contribution in [0.3, 0.4) is 0 Å². The molecule has 0 fully saturated rings. The highest BCUT2D eigenvalue weighted by Crippen LogP contribution is 2.44. The number of benzene rings is 9. The van der Waals surface area contributed by atoms with Crippen LogP contribution in [0.1, 0.15) is 64.6 Å². The number of pyridine rings is 1. The Morgan fingerprint density at radius 3 is 1.25 bits per heavy atom. The molecule has 15 rings (SSSR count). The number of rotatable bonds is 8. The van der Waals surface area contributed by atoms with Gasteiger partial charge in [0.1, 0.15) is 34.1 Å². The fourth-order valence-corrected chi connectivity index (χ4v) is 12.6. The summed E-state index contributed by atoms with van der Waals surface area (Å²) in [5.41, 5.74) is 24.2. The molecule has 0 N–H and O–H groups in total. The second-order valence-electron chi connectivity index (χ2n) is 24.7. The number of aromatic nitrogens is 7. The Bertz CT molecular complexity index is 4980. The maximum absolute atomic E-state index is 6.28. The van der Waals surface area contributed by atoms with Crippen LogP contribution in [0.25, 0.3) is 144 Å². The maximum Gasteiger partial charge on any atom is 0.147 e. The molecule has 410 valence electrons. The van der Waals surface area contributed by atoms with Gasteiger partial charge in [-0.1, -0.05) is 175 Å². The second kappa shape index (κ2) is 19.7. The van der Waals surface area contributed by atoms with E-state index in [9.17, 15) is 0 Å². The third kappa shape index (κ3) is 9.04. The molecule has 85 heavy (non-hydrogen) atoms. The molecule has 0 radical (unpaired) electrons. The van der Waals surface area contributed by atoms with Crippen LogP contribution in [-0.4, -0.2) is 33.7 Å². The van der Waals surface area contributed by atoms with Crippen LogP contribution in [-0.2, 0) is 10.8 Å². The minimum atomic E-state index is -0.209. The van der Waals surface area contributed by atoms with Gasteiger partial charge in [-0.25, -0.2) is 19.9 Å². The van der Waals surface area contributed by atoms with Crippen molar-refractivity contribution < 1.29 is 4.42 Å². The molecule has 0 unspecified atom stereocenters. The van der Waals surface area contributed by atoms with Crippen molar-refractivity contribution in [2.75, 3.05) is 0 Å². The third-order valence-electron chi connectivity index (χ3n) is 16.6. The van der Waals surface area contributed by atoms with Crippen molar-refractivity contribution in [1.29, 1.82) is 0 Å². The zero-order chi connectivity index (χ0) is 57.9. The number of nitrogens with zero attached hydrogens (tertiary/aromatic N) is 7. The molecule has 0 spiro atoms. The highest BCUT2D eigenvalue weighted by atomic mass is 16.3. The topological polar surface area (TPSA) is 86.4 Å². The van der Waals surface area contributed by atoms with E-state index in [0.717, 1.165) is 167 Å². The summed E-state index contributed by atoms with van der Waals surface area (Å²) in [6.07, 6.45) is 6.22. The van der Waals surface area contributed by atoms with Crippen molar-refractivity contribution in [3.8, 4) is 89.1 Å². The Morgan fingerprint density at radius 2 is 0.741 bits per heavy atom. The predicted octanol–water partition coefficient (Wildman–Crippen LogP) is 19.9. The Labute approximate surface area is 493 Å². The molecule has 8 nitrogen and oxygen atoms in total. The van der Waals surface area contributed by atoms with Crippen LogP contribution in [0.4, 0.5) is 0 Å². The molecule has 0 saturated heterocycles. The number of aryl methyl sites for hydroxylation is 2. The average molecular weight is 1100 g/mol. The summed E-state index contributed by atoms with van der Waals surface area (Å²) in [5.74, 6) is 1.95. The minimum Gasteiger partial charge on any atom is -0.456 e. The van der Waals surface area contributed by atoms with E-state index in [-0.39, 0.29) is 10.8 Å². The van der Waals surface area contributed by atoms with Crippen LogP contribution in [0, 0.1) is 13.8 Å². The molecule has 6 aromatic heterocycles. The largest absolute Gasteiger partial charge is 0.456 e. The lowest BCUT2D eigenvalue weighted by atomic mass is 9.86. The molecular weight excluding hydrogens is 1040 g/mol. The van der Waals surface area contributed by atoms with Crippen LogP contribution in [0.15, 0.2) is 229 Å². The Morgan fingerprint density at radius 1 is 0.329 bits per heavy atom. The van der Waals surface area contributed by atoms with E-state index in [1.807, 2.05) is 18.3 Å². The molecule has 0 aliphatic carbocycles. The summed E-state index contributed by atoms with van der Waals surface area (Å²) >= 11 is 0. The maximum atomic E-state index is 6.28. The predicted molar refractivity (Wildman–Crippen MR) is 350 cm³/mol. The standard InChI is InChI=1S/C77H61N7O/c1-46-44-83-72(79-46)65-33-29-50(40-68(65)81-74(83)76(3,4)5)57-20-9-12-23-60(57)54-37-55(61-24-13-10-21-58(61)51-30-34-66-69(41-51)82-75(77(6,7)8)84-45-47(2)80-73(66)84)39-56(38-54)62-25-14-11-22-59(62)53-31-35-67(78-43-53)52-19-17-18-48(36-52)49-28-32-64-63-26-15-16-27-70(63)85-71(64)42-49/h9-45H,1-8H3. The fourth-order valence-electron chi connectivity index (χ4n) is 12.6. The lowest BCUT2D eigenvalue weighted by Crippen LogP contribution is -2.18. The van der Waals surface area contributed by atoms with E-state index in [0.29, 0.717) is 0 Å². The van der Waals surface area contributed by atoms with Crippen molar-refractivity contribution in [3.63, 3.8) is 0 Å². The van der Waals surface area contributed by atoms with Gasteiger partial charge in [-0.15, -0.1) is 0 Å². The van der Waals surface area contributed by atoms with Gasteiger partial charge in [0, 0.05) is 62.1 Å². The van der Waals surface area contributed by atoms with E-state index in [4.69, 9.17) is 29.3 Å². The van der Waals surface area contributed by atoms with Crippen LogP contribution in [0.2, 0.25) is 0 Å². The first kappa shape index (κ1) is 51.6. The molecule has 6 heterocycles. The molecule has 0 aliphatic rings. The second-order valence-corrected chi connectivity index (χ2v) is 24.7. The quantitative estimate of drug-likeness (QED) is 0.151. The van der Waals surface area contributed by atoms with Gasteiger partial charge in [0.05, 0.1) is 28.1 Å². The van der Waals surface area contributed by atoms with E-state index < -0.39 is 0 Å². The first-order chi connectivity index (χ1) is 41.2. The van der Waals surface area contributed by atoms with Gasteiger partial charge in [0.2, 0.25) is 0 Å². The fraction of sp³-hybridized carbons (Fsp3) is 0.130. The van der Waals surface area contributed by atoms with Crippen molar-refractivity contribution in [1.82, 2.24) is 33.7 Å². The van der Waals surface area contributed by atoms with Crippen molar-refractivity contribution in [2.24, 2.45) is 0 Å². The highest BCUT2D eigenvalue weighted by molar-refractivity contribution is 6.06. The number of hydrogen-bond donors (Lipinski definition) is 0. The smallest absolute Gasteiger partial charge is 0.147 e. The van der Waals surface area contributed by atoms with Gasteiger partial charge in [-0.05, 0) is 159 Å². The van der Waals surface area contributed by atoms with Crippen LogP contribution >= 0.6 is 0 Å². The molecule has 0 bridgehead atoms. The summed E-state index contributed by atoms with van der Waals surface area (Å²) in [7, 11) is 0. The monoisotopic (exact) mass is 1100 g/mol. The summed E-state index contributed by atoms with van der Waals surface area (Å²) in [6, 6.07) is 74.4. The molecular formula is C77H61N7O. The molecule has 0 amide bonds. The number of para-hydroxylation sites is 1. The molecule has 0 aliphatic heterocycles. The lowest BCUT2D eigenvalue weighted by Gasteiger charge is -2.21. The summed E-state index contributed by atoms with van der Waals surface area (Å²) < 4.78 is 10.6. The van der Waals surface area contributed by atoms with Crippen LogP contribution in [0.5, 0.6) is 0 Å². The highest BCUT2D eigenvalue weighted by Gasteiger charge is 2.25. The van der Waals surface area contributed by atoms with Crippen molar-refractivity contribution in [3.05, 3.63) is 248 Å². The molecule has 9 aromatic carbocycles. The minimum absolute atomic E-state index is 0.209. The summed E-state index contributed by atoms with van der Waals surface area (Å²) in [4.78, 5) is 25.9. The van der Waals surface area contributed by atoms with E-state index in [2.05, 4.69) is 271 Å². The van der Waals surface area contributed by atoms with Crippen molar-refractivity contribution >= 4 is 55.0 Å². The van der Waals surface area contributed by atoms with Crippen LogP contribution < -0.4 is 0 Å². The normalized spacial score (nSPS) is 12.2. The molecule has 15 aromatic rings. The third-order valence-corrected chi connectivity index (χ3v) is 16.6. The van der Waals surface area contributed by atoms with E-state index in [1.165, 1.54) is 0 Å². The Hall–Kier alpha value is -10.3.